The molecule has 23 heavy (non-hydrogen) atoms. The van der Waals surface area contributed by atoms with Gasteiger partial charge in [-0.15, -0.1) is 11.3 Å². The molecule has 3 aromatic rings. The molecule has 0 aliphatic rings. The summed E-state index contributed by atoms with van der Waals surface area (Å²) in [5.74, 6) is 0.303. The van der Waals surface area contributed by atoms with Crippen LogP contribution in [0.5, 0.6) is 5.75 Å². The maximum Gasteiger partial charge on any atom is 0.267 e. The van der Waals surface area contributed by atoms with E-state index in [1.54, 1.807) is 13.2 Å². The van der Waals surface area contributed by atoms with E-state index in [2.05, 4.69) is 5.32 Å². The first kappa shape index (κ1) is 16.1. The number of amides is 1. The van der Waals surface area contributed by atoms with E-state index in [1.165, 1.54) is 11.3 Å². The Morgan fingerprint density at radius 1 is 1.09 bits per heavy atom. The third-order valence-corrected chi connectivity index (χ3v) is 5.65. The van der Waals surface area contributed by atoms with Crippen LogP contribution in [0.3, 0.4) is 0 Å². The SMILES string of the molecule is COc1ccc2c(Cl)c(C(=O)Nc3ccc(C)cc3)sc2c1Cl. The van der Waals surface area contributed by atoms with Crippen molar-refractivity contribution >= 4 is 56.2 Å². The van der Waals surface area contributed by atoms with E-state index < -0.39 is 0 Å². The van der Waals surface area contributed by atoms with Crippen LogP contribution in [-0.4, -0.2) is 13.0 Å². The molecule has 0 unspecified atom stereocenters. The molecule has 3 nitrogen and oxygen atoms in total. The monoisotopic (exact) mass is 365 g/mol. The topological polar surface area (TPSA) is 38.3 Å². The second-order valence-electron chi connectivity index (χ2n) is 5.02. The lowest BCUT2D eigenvalue weighted by atomic mass is 10.2. The van der Waals surface area contributed by atoms with E-state index in [9.17, 15) is 4.79 Å². The number of ether oxygens (including phenoxy) is 1. The van der Waals surface area contributed by atoms with Crippen molar-refractivity contribution < 1.29 is 9.53 Å². The van der Waals surface area contributed by atoms with Gasteiger partial charge in [0, 0.05) is 11.1 Å². The molecule has 0 aliphatic carbocycles. The number of thiophene rings is 1. The summed E-state index contributed by atoms with van der Waals surface area (Å²) in [6.07, 6.45) is 0. The standard InChI is InChI=1S/C17H13Cl2NO2S/c1-9-3-5-10(6-4-9)20-17(21)16-13(18)11-7-8-12(22-2)14(19)15(11)23-16/h3-8H,1-2H3,(H,20,21). The smallest absolute Gasteiger partial charge is 0.267 e. The van der Waals surface area contributed by atoms with Crippen molar-refractivity contribution in [2.75, 3.05) is 12.4 Å². The van der Waals surface area contributed by atoms with Gasteiger partial charge in [0.15, 0.2) is 0 Å². The number of fused-ring (bicyclic) bond motifs is 1. The molecule has 0 spiro atoms. The summed E-state index contributed by atoms with van der Waals surface area (Å²) in [5, 5.41) is 4.46. The van der Waals surface area contributed by atoms with E-state index in [0.717, 1.165) is 21.3 Å². The number of hydrogen-bond donors (Lipinski definition) is 1. The number of carbonyl (C=O) groups is 1. The lowest BCUT2D eigenvalue weighted by molar-refractivity contribution is 0.103. The van der Waals surface area contributed by atoms with Gasteiger partial charge in [0.05, 0.1) is 16.8 Å². The highest BCUT2D eigenvalue weighted by atomic mass is 35.5. The first-order valence-corrected chi connectivity index (χ1v) is 8.41. The minimum absolute atomic E-state index is 0.255. The van der Waals surface area contributed by atoms with Gasteiger partial charge >= 0.3 is 0 Å². The van der Waals surface area contributed by atoms with Gasteiger partial charge < -0.3 is 10.1 Å². The van der Waals surface area contributed by atoms with Crippen LogP contribution in [-0.2, 0) is 0 Å². The van der Waals surface area contributed by atoms with Crippen molar-refractivity contribution in [2.45, 2.75) is 6.92 Å². The molecule has 118 valence electrons. The first-order chi connectivity index (χ1) is 11.0. The molecule has 0 fully saturated rings. The molecule has 0 saturated carbocycles. The molecule has 1 N–H and O–H groups in total. The van der Waals surface area contributed by atoms with Crippen LogP contribution in [0.1, 0.15) is 15.2 Å². The van der Waals surface area contributed by atoms with Crippen LogP contribution in [0.2, 0.25) is 10.0 Å². The molecular weight excluding hydrogens is 353 g/mol. The summed E-state index contributed by atoms with van der Waals surface area (Å²) < 4.78 is 5.94. The van der Waals surface area contributed by atoms with E-state index in [-0.39, 0.29) is 5.91 Å². The fraction of sp³-hybridized carbons (Fsp3) is 0.118. The Kier molecular flexibility index (Phi) is 4.48. The maximum absolute atomic E-state index is 12.5. The van der Waals surface area contributed by atoms with Crippen LogP contribution < -0.4 is 10.1 Å². The number of methoxy groups -OCH3 is 1. The normalized spacial score (nSPS) is 10.8. The van der Waals surface area contributed by atoms with Crippen molar-refractivity contribution in [2.24, 2.45) is 0 Å². The maximum atomic E-state index is 12.5. The van der Waals surface area contributed by atoms with E-state index >= 15 is 0 Å². The molecule has 1 aromatic heterocycles. The van der Waals surface area contributed by atoms with Crippen molar-refractivity contribution in [3.8, 4) is 5.75 Å². The van der Waals surface area contributed by atoms with E-state index in [0.29, 0.717) is 20.7 Å². The Bertz CT molecular complexity index is 888. The Morgan fingerprint density at radius 2 is 1.78 bits per heavy atom. The van der Waals surface area contributed by atoms with Crippen molar-refractivity contribution in [3.05, 3.63) is 56.9 Å². The minimum Gasteiger partial charge on any atom is -0.495 e. The minimum atomic E-state index is -0.255. The Balaban J connectivity index is 1.99. The average Bonchev–Trinajstić information content (AvgIpc) is 2.88. The zero-order valence-electron chi connectivity index (χ0n) is 12.4. The second-order valence-corrected chi connectivity index (χ2v) is 6.80. The Hall–Kier alpha value is -1.75. The fourth-order valence-corrected chi connectivity index (χ4v) is 4.00. The third kappa shape index (κ3) is 3.02. The van der Waals surface area contributed by atoms with Crippen molar-refractivity contribution in [3.63, 3.8) is 0 Å². The lowest BCUT2D eigenvalue weighted by Gasteiger charge is -2.04. The number of aryl methyl sites for hydroxylation is 1. The lowest BCUT2D eigenvalue weighted by Crippen LogP contribution is -2.10. The predicted octanol–water partition coefficient (Wildman–Crippen LogP) is 5.78. The number of hydrogen-bond acceptors (Lipinski definition) is 3. The van der Waals surface area contributed by atoms with Crippen molar-refractivity contribution in [1.29, 1.82) is 0 Å². The van der Waals surface area contributed by atoms with Crippen LogP contribution in [0.15, 0.2) is 36.4 Å². The molecule has 0 atom stereocenters. The van der Waals surface area contributed by atoms with Gasteiger partial charge in [-0.1, -0.05) is 40.9 Å². The number of nitrogens with one attached hydrogen (secondary N) is 1. The van der Waals surface area contributed by atoms with Gasteiger partial charge in [-0.05, 0) is 31.2 Å². The Labute approximate surface area is 147 Å². The largest absolute Gasteiger partial charge is 0.495 e. The summed E-state index contributed by atoms with van der Waals surface area (Å²) >= 11 is 13.9. The molecule has 0 saturated heterocycles. The highest BCUT2D eigenvalue weighted by Gasteiger charge is 2.20. The van der Waals surface area contributed by atoms with Gasteiger partial charge in [0.25, 0.3) is 5.91 Å². The molecule has 1 amide bonds. The van der Waals surface area contributed by atoms with E-state index in [1.807, 2.05) is 37.3 Å². The second kappa shape index (κ2) is 6.40. The van der Waals surface area contributed by atoms with Gasteiger partial charge in [-0.3, -0.25) is 4.79 Å². The highest BCUT2D eigenvalue weighted by Crippen LogP contribution is 2.43. The average molecular weight is 366 g/mol. The zero-order valence-corrected chi connectivity index (χ0v) is 14.8. The fourth-order valence-electron chi connectivity index (χ4n) is 2.21. The van der Waals surface area contributed by atoms with Crippen LogP contribution in [0, 0.1) is 6.92 Å². The molecule has 0 aliphatic heterocycles. The zero-order chi connectivity index (χ0) is 16.6. The first-order valence-electron chi connectivity index (χ1n) is 6.83. The van der Waals surface area contributed by atoms with Crippen LogP contribution in [0.25, 0.3) is 10.1 Å². The number of benzene rings is 2. The molecular formula is C17H13Cl2NO2S. The molecule has 0 radical (unpaired) electrons. The third-order valence-electron chi connectivity index (χ3n) is 3.44. The summed E-state index contributed by atoms with van der Waals surface area (Å²) in [5.41, 5.74) is 1.85. The highest BCUT2D eigenvalue weighted by molar-refractivity contribution is 7.22. The van der Waals surface area contributed by atoms with Gasteiger partial charge in [0.1, 0.15) is 15.6 Å². The molecule has 6 heteroatoms. The van der Waals surface area contributed by atoms with Gasteiger partial charge in [0.2, 0.25) is 0 Å². The van der Waals surface area contributed by atoms with Gasteiger partial charge in [-0.2, -0.15) is 0 Å². The molecule has 2 aromatic carbocycles. The quantitative estimate of drug-likeness (QED) is 0.638. The summed E-state index contributed by atoms with van der Waals surface area (Å²) in [6, 6.07) is 11.1. The van der Waals surface area contributed by atoms with Crippen LogP contribution in [0.4, 0.5) is 5.69 Å². The Morgan fingerprint density at radius 3 is 2.43 bits per heavy atom. The van der Waals surface area contributed by atoms with Gasteiger partial charge in [-0.25, -0.2) is 0 Å². The number of rotatable bonds is 3. The molecule has 3 rings (SSSR count). The number of halogens is 2. The number of carbonyl (C=O) groups excluding carboxylic acids is 1. The number of anilines is 1. The predicted molar refractivity (Wildman–Crippen MR) is 97.5 cm³/mol. The summed E-state index contributed by atoms with van der Waals surface area (Å²) in [7, 11) is 1.55. The van der Waals surface area contributed by atoms with Crippen molar-refractivity contribution in [1.82, 2.24) is 0 Å². The molecule has 0 bridgehead atoms. The van der Waals surface area contributed by atoms with Crippen LogP contribution >= 0.6 is 34.5 Å². The van der Waals surface area contributed by atoms with E-state index in [4.69, 9.17) is 27.9 Å². The molecule has 1 heterocycles. The summed E-state index contributed by atoms with van der Waals surface area (Å²) in [6.45, 7) is 1.99. The summed E-state index contributed by atoms with van der Waals surface area (Å²) in [4.78, 5) is 12.9.